The molecule has 0 bridgehead atoms. The molecule has 5 nitrogen and oxygen atoms in total. The fourth-order valence-electron chi connectivity index (χ4n) is 4.51. The van der Waals surface area contributed by atoms with Crippen LogP contribution in [0.3, 0.4) is 0 Å². The maximum absolute atomic E-state index is 13.4. The smallest absolute Gasteiger partial charge is 0.416 e. The van der Waals surface area contributed by atoms with Crippen LogP contribution in [0.25, 0.3) is 0 Å². The number of carbonyl (C=O) groups excluding carboxylic acids is 1. The van der Waals surface area contributed by atoms with Gasteiger partial charge in [-0.1, -0.05) is 24.3 Å². The Hall–Kier alpha value is -3.07. The summed E-state index contributed by atoms with van der Waals surface area (Å²) < 4.78 is 42.3. The minimum absolute atomic E-state index is 0.141. The molecular formula is C26H24BrF3N2O3. The van der Waals surface area contributed by atoms with Gasteiger partial charge >= 0.3 is 12.1 Å². The summed E-state index contributed by atoms with van der Waals surface area (Å²) in [7, 11) is 0. The first kappa shape index (κ1) is 25.0. The fraction of sp³-hybridized carbons (Fsp3) is 0.308. The van der Waals surface area contributed by atoms with Crippen LogP contribution in [0.4, 0.5) is 13.2 Å². The number of carbonyl (C=O) groups is 2. The SMILES string of the molecule is CC(NC(=O)c1c(Br)c2c(n1Cc1cccc(C(F)(F)F)c1)CCCC2)c1ccc(C(=O)O)cc1. The predicted molar refractivity (Wildman–Crippen MR) is 129 cm³/mol. The highest BCUT2D eigenvalue weighted by atomic mass is 79.9. The topological polar surface area (TPSA) is 71.3 Å². The number of rotatable bonds is 6. The molecular weight excluding hydrogens is 525 g/mol. The summed E-state index contributed by atoms with van der Waals surface area (Å²) in [5.41, 5.74) is 2.98. The summed E-state index contributed by atoms with van der Waals surface area (Å²) in [4.78, 5) is 24.5. The van der Waals surface area contributed by atoms with Gasteiger partial charge in [0.25, 0.3) is 5.91 Å². The van der Waals surface area contributed by atoms with Gasteiger partial charge in [0.05, 0.1) is 21.6 Å². The normalized spacial score (nSPS) is 14.3. The number of nitrogens with one attached hydrogen (secondary N) is 1. The first-order chi connectivity index (χ1) is 16.6. The van der Waals surface area contributed by atoms with Crippen LogP contribution in [0.2, 0.25) is 0 Å². The molecule has 1 heterocycles. The number of halogens is 4. The molecule has 4 rings (SSSR count). The Kier molecular flexibility index (Phi) is 7.07. The zero-order valence-electron chi connectivity index (χ0n) is 19.0. The Balaban J connectivity index is 1.66. The van der Waals surface area contributed by atoms with E-state index in [9.17, 15) is 22.8 Å². The summed E-state index contributed by atoms with van der Waals surface area (Å²) in [5, 5.41) is 12.0. The van der Waals surface area contributed by atoms with Gasteiger partial charge in [0.15, 0.2) is 0 Å². The molecule has 0 aliphatic heterocycles. The lowest BCUT2D eigenvalue weighted by Gasteiger charge is -2.19. The molecule has 0 saturated carbocycles. The minimum Gasteiger partial charge on any atom is -0.478 e. The molecule has 2 N–H and O–H groups in total. The molecule has 2 aromatic carbocycles. The van der Waals surface area contributed by atoms with Crippen molar-refractivity contribution in [3.63, 3.8) is 0 Å². The molecule has 1 aliphatic carbocycles. The van der Waals surface area contributed by atoms with Crippen molar-refractivity contribution >= 4 is 27.8 Å². The molecule has 0 spiro atoms. The zero-order chi connectivity index (χ0) is 25.3. The van der Waals surface area contributed by atoms with E-state index in [4.69, 9.17) is 5.11 Å². The summed E-state index contributed by atoms with van der Waals surface area (Å²) in [6, 6.07) is 11.0. The van der Waals surface area contributed by atoms with Crippen LogP contribution in [0.5, 0.6) is 0 Å². The summed E-state index contributed by atoms with van der Waals surface area (Å²) in [5.74, 6) is -1.39. The number of benzene rings is 2. The lowest BCUT2D eigenvalue weighted by Crippen LogP contribution is -2.29. The van der Waals surface area contributed by atoms with Crippen LogP contribution in [0.1, 0.15) is 74.6 Å². The van der Waals surface area contributed by atoms with Gasteiger partial charge in [-0.3, -0.25) is 4.79 Å². The molecule has 0 saturated heterocycles. The molecule has 0 radical (unpaired) electrons. The highest BCUT2D eigenvalue weighted by Crippen LogP contribution is 2.36. The molecule has 3 aromatic rings. The van der Waals surface area contributed by atoms with E-state index in [0.717, 1.165) is 54.6 Å². The van der Waals surface area contributed by atoms with Crippen molar-refractivity contribution in [2.75, 3.05) is 0 Å². The highest BCUT2D eigenvalue weighted by molar-refractivity contribution is 9.10. The number of amides is 1. The molecule has 9 heteroatoms. The van der Waals surface area contributed by atoms with Gasteiger partial charge in [-0.15, -0.1) is 0 Å². The predicted octanol–water partition coefficient (Wildman–Crippen LogP) is 6.39. The summed E-state index contributed by atoms with van der Waals surface area (Å²) in [6.07, 6.45) is -0.991. The zero-order valence-corrected chi connectivity index (χ0v) is 20.5. The third kappa shape index (κ3) is 5.29. The molecule has 0 fully saturated rings. The van der Waals surface area contributed by atoms with Crippen LogP contribution >= 0.6 is 15.9 Å². The first-order valence-corrected chi connectivity index (χ1v) is 12.1. The third-order valence-corrected chi connectivity index (χ3v) is 7.18. The average Bonchev–Trinajstić information content (AvgIpc) is 3.10. The van der Waals surface area contributed by atoms with E-state index in [1.807, 2.05) is 4.57 Å². The highest BCUT2D eigenvalue weighted by Gasteiger charge is 2.31. The number of carboxylic acid groups (broad SMARTS) is 1. The van der Waals surface area contributed by atoms with E-state index in [1.165, 1.54) is 18.2 Å². The van der Waals surface area contributed by atoms with Crippen molar-refractivity contribution in [2.24, 2.45) is 0 Å². The number of carboxylic acids is 1. The van der Waals surface area contributed by atoms with Crippen molar-refractivity contribution in [3.8, 4) is 0 Å². The Morgan fingerprint density at radius 1 is 1.11 bits per heavy atom. The summed E-state index contributed by atoms with van der Waals surface area (Å²) in [6.45, 7) is 1.93. The van der Waals surface area contributed by atoms with Crippen molar-refractivity contribution in [2.45, 2.75) is 51.4 Å². The molecule has 1 aliphatic rings. The number of alkyl halides is 3. The van der Waals surface area contributed by atoms with E-state index < -0.39 is 23.8 Å². The van der Waals surface area contributed by atoms with E-state index in [0.29, 0.717) is 15.7 Å². The second-order valence-corrected chi connectivity index (χ2v) is 9.49. The molecule has 35 heavy (non-hydrogen) atoms. The lowest BCUT2D eigenvalue weighted by atomic mass is 9.98. The maximum Gasteiger partial charge on any atom is 0.416 e. The second kappa shape index (κ2) is 9.89. The van der Waals surface area contributed by atoms with Crippen LogP contribution < -0.4 is 5.32 Å². The Bertz CT molecular complexity index is 1270. The van der Waals surface area contributed by atoms with Gasteiger partial charge in [0, 0.05) is 12.2 Å². The van der Waals surface area contributed by atoms with Crippen LogP contribution in [0, 0.1) is 0 Å². The van der Waals surface area contributed by atoms with Crippen LogP contribution in [-0.2, 0) is 25.6 Å². The third-order valence-electron chi connectivity index (χ3n) is 6.32. The van der Waals surface area contributed by atoms with Crippen LogP contribution in [-0.4, -0.2) is 21.6 Å². The Morgan fingerprint density at radius 2 is 1.80 bits per heavy atom. The molecule has 1 amide bonds. The number of fused-ring (bicyclic) bond motifs is 1. The number of hydrogen-bond donors (Lipinski definition) is 2. The summed E-state index contributed by atoms with van der Waals surface area (Å²) >= 11 is 3.59. The van der Waals surface area contributed by atoms with Gasteiger partial charge < -0.3 is 15.0 Å². The molecule has 1 atom stereocenters. The van der Waals surface area contributed by atoms with Crippen molar-refractivity contribution < 1.29 is 27.9 Å². The first-order valence-electron chi connectivity index (χ1n) is 11.3. The van der Waals surface area contributed by atoms with Crippen molar-refractivity contribution in [3.05, 3.63) is 92.2 Å². The molecule has 184 valence electrons. The Morgan fingerprint density at radius 3 is 2.46 bits per heavy atom. The van der Waals surface area contributed by atoms with Gasteiger partial charge in [0.2, 0.25) is 0 Å². The van der Waals surface area contributed by atoms with Gasteiger partial charge in [0.1, 0.15) is 5.69 Å². The van der Waals surface area contributed by atoms with Gasteiger partial charge in [-0.25, -0.2) is 4.79 Å². The quantitative estimate of drug-likeness (QED) is 0.375. The van der Waals surface area contributed by atoms with Crippen molar-refractivity contribution in [1.82, 2.24) is 9.88 Å². The van der Waals surface area contributed by atoms with Crippen molar-refractivity contribution in [1.29, 1.82) is 0 Å². The van der Waals surface area contributed by atoms with E-state index in [-0.39, 0.29) is 18.0 Å². The van der Waals surface area contributed by atoms with Gasteiger partial charge in [-0.05, 0) is 89.5 Å². The maximum atomic E-state index is 13.4. The Labute approximate surface area is 209 Å². The fourth-order valence-corrected chi connectivity index (χ4v) is 5.33. The number of aromatic carboxylic acids is 1. The van der Waals surface area contributed by atoms with E-state index in [2.05, 4.69) is 21.2 Å². The second-order valence-electron chi connectivity index (χ2n) is 8.70. The number of nitrogens with zero attached hydrogens (tertiary/aromatic N) is 1. The van der Waals surface area contributed by atoms with Gasteiger partial charge in [-0.2, -0.15) is 13.2 Å². The monoisotopic (exact) mass is 548 g/mol. The number of aromatic nitrogens is 1. The molecule has 1 aromatic heterocycles. The van der Waals surface area contributed by atoms with E-state index >= 15 is 0 Å². The standard InChI is InChI=1S/C26H24BrF3N2O3/c1-15(17-9-11-18(12-10-17)25(34)35)31-24(33)23-22(27)20-7-2-3-8-21(20)32(23)14-16-5-4-6-19(13-16)26(28,29)30/h4-6,9-13,15H,2-3,7-8,14H2,1H3,(H,31,33)(H,34,35). The minimum atomic E-state index is -4.45. The average molecular weight is 549 g/mol. The number of hydrogen-bond acceptors (Lipinski definition) is 2. The van der Waals surface area contributed by atoms with Crippen LogP contribution in [0.15, 0.2) is 53.0 Å². The lowest BCUT2D eigenvalue weighted by molar-refractivity contribution is -0.137. The largest absolute Gasteiger partial charge is 0.478 e. The van der Waals surface area contributed by atoms with E-state index in [1.54, 1.807) is 25.1 Å². The molecule has 1 unspecified atom stereocenters.